The molecule has 1 atom stereocenters. The predicted octanol–water partition coefficient (Wildman–Crippen LogP) is 5.62. The number of pyridine rings is 1. The highest BCUT2D eigenvalue weighted by molar-refractivity contribution is 6.26. The van der Waals surface area contributed by atoms with Gasteiger partial charge in [-0.2, -0.15) is 0 Å². The number of ether oxygens (including phenoxy) is 4. The molecule has 0 bridgehead atoms. The minimum absolute atomic E-state index is 0.00158. The van der Waals surface area contributed by atoms with E-state index >= 15 is 0 Å². The molecule has 33 heavy (non-hydrogen) atoms. The minimum atomic E-state index is 0.00158. The summed E-state index contributed by atoms with van der Waals surface area (Å²) < 4.78 is 24.2. The van der Waals surface area contributed by atoms with E-state index in [-0.39, 0.29) is 11.6 Å². The zero-order chi connectivity index (χ0) is 23.1. The van der Waals surface area contributed by atoms with E-state index < -0.39 is 0 Å². The van der Waals surface area contributed by atoms with Crippen molar-refractivity contribution in [1.29, 1.82) is 0 Å². The Morgan fingerprint density at radius 3 is 1.76 bits per heavy atom. The summed E-state index contributed by atoms with van der Waals surface area (Å²) in [6.07, 6.45) is 9.07. The molecule has 1 aliphatic carbocycles. The molecule has 6 heteroatoms. The van der Waals surface area contributed by atoms with Crippen LogP contribution in [0.4, 0.5) is 0 Å². The topological polar surface area (TPSA) is 58.9 Å². The second-order valence-corrected chi connectivity index (χ2v) is 8.26. The summed E-state index contributed by atoms with van der Waals surface area (Å²) >= 11 is 0. The lowest BCUT2D eigenvalue weighted by atomic mass is 9.93. The molecule has 4 aromatic rings. The van der Waals surface area contributed by atoms with Crippen LogP contribution in [-0.2, 0) is 0 Å². The number of fused-ring (bicyclic) bond motifs is 6. The van der Waals surface area contributed by atoms with Gasteiger partial charge in [0.25, 0.3) is 5.56 Å². The van der Waals surface area contributed by atoms with E-state index in [9.17, 15) is 4.79 Å². The molecule has 0 saturated heterocycles. The van der Waals surface area contributed by atoms with Crippen LogP contribution in [0.2, 0.25) is 0 Å². The normalized spacial score (nSPS) is 15.8. The zero-order valence-corrected chi connectivity index (χ0v) is 19.3. The minimum Gasteiger partial charge on any atom is -0.493 e. The third kappa shape index (κ3) is 3.28. The molecule has 0 amide bonds. The van der Waals surface area contributed by atoms with Gasteiger partial charge in [0.1, 0.15) is 0 Å². The Bertz CT molecular complexity index is 1470. The van der Waals surface area contributed by atoms with Crippen molar-refractivity contribution in [2.45, 2.75) is 25.3 Å². The summed E-state index contributed by atoms with van der Waals surface area (Å²) in [5, 5.41) is 5.15. The first-order valence-corrected chi connectivity index (χ1v) is 11.0. The fourth-order valence-electron chi connectivity index (χ4n) is 4.99. The number of nitrogens with zero attached hydrogens (tertiary/aromatic N) is 1. The van der Waals surface area contributed by atoms with Gasteiger partial charge in [-0.25, -0.2) is 0 Å². The van der Waals surface area contributed by atoms with Gasteiger partial charge in [-0.15, -0.1) is 0 Å². The van der Waals surface area contributed by atoms with Crippen LogP contribution in [0.5, 0.6) is 23.0 Å². The molecule has 3 aromatic carbocycles. The van der Waals surface area contributed by atoms with Gasteiger partial charge < -0.3 is 23.5 Å². The molecular formula is C27H27NO5. The molecule has 6 nitrogen and oxygen atoms in total. The molecule has 1 heterocycles. The molecule has 1 aromatic heterocycles. The standard InChI is InChI=1S/C27H27NO5/c1-30-22-12-18-17-10-11-28(16-8-6-5-7-9-16)27(29)26(17)21-15-25(33-4)24(32-3)14-20(21)19(18)13-23(22)31-2/h5-6,10-16H,7-9H2,1-4H3. The second-order valence-electron chi connectivity index (χ2n) is 8.26. The van der Waals surface area contributed by atoms with Gasteiger partial charge in [-0.1, -0.05) is 12.2 Å². The third-order valence-electron chi connectivity index (χ3n) is 6.65. The number of rotatable bonds is 5. The Hall–Kier alpha value is -3.67. The highest BCUT2D eigenvalue weighted by Crippen LogP contribution is 2.43. The van der Waals surface area contributed by atoms with Crippen LogP contribution in [0.25, 0.3) is 32.3 Å². The summed E-state index contributed by atoms with van der Waals surface area (Å²) in [5.74, 6) is 2.44. The summed E-state index contributed by atoms with van der Waals surface area (Å²) in [6, 6.07) is 9.93. The molecule has 0 aliphatic heterocycles. The fraction of sp³-hybridized carbons (Fsp3) is 0.296. The van der Waals surface area contributed by atoms with Gasteiger partial charge in [0.05, 0.1) is 33.8 Å². The molecular weight excluding hydrogens is 418 g/mol. The van der Waals surface area contributed by atoms with Crippen molar-refractivity contribution in [2.24, 2.45) is 0 Å². The van der Waals surface area contributed by atoms with Crippen molar-refractivity contribution in [3.8, 4) is 23.0 Å². The van der Waals surface area contributed by atoms with Gasteiger partial charge in [0, 0.05) is 12.2 Å². The molecule has 1 unspecified atom stereocenters. The van der Waals surface area contributed by atoms with Gasteiger partial charge >= 0.3 is 0 Å². The van der Waals surface area contributed by atoms with E-state index in [2.05, 4.69) is 12.2 Å². The first-order chi connectivity index (χ1) is 16.1. The van der Waals surface area contributed by atoms with Gasteiger partial charge in [-0.05, 0) is 76.5 Å². The number of allylic oxidation sites excluding steroid dienone is 2. The van der Waals surface area contributed by atoms with Gasteiger partial charge in [-0.3, -0.25) is 4.79 Å². The van der Waals surface area contributed by atoms with E-state index in [1.807, 2.05) is 41.1 Å². The summed E-state index contributed by atoms with van der Waals surface area (Å²) in [4.78, 5) is 13.9. The van der Waals surface area contributed by atoms with Crippen LogP contribution in [-0.4, -0.2) is 33.0 Å². The Labute approximate surface area is 191 Å². The van der Waals surface area contributed by atoms with Crippen LogP contribution >= 0.6 is 0 Å². The maximum absolute atomic E-state index is 13.9. The van der Waals surface area contributed by atoms with Crippen LogP contribution in [0.3, 0.4) is 0 Å². The quantitative estimate of drug-likeness (QED) is 0.295. The van der Waals surface area contributed by atoms with Crippen molar-refractivity contribution in [1.82, 2.24) is 4.57 Å². The van der Waals surface area contributed by atoms with E-state index in [4.69, 9.17) is 18.9 Å². The maximum Gasteiger partial charge on any atom is 0.259 e. The first kappa shape index (κ1) is 21.2. The third-order valence-corrected chi connectivity index (χ3v) is 6.65. The lowest BCUT2D eigenvalue weighted by Crippen LogP contribution is -2.25. The number of aromatic nitrogens is 1. The Balaban J connectivity index is 1.97. The molecule has 0 spiro atoms. The summed E-state index contributed by atoms with van der Waals surface area (Å²) in [6.45, 7) is 0. The van der Waals surface area contributed by atoms with Crippen LogP contribution in [0.15, 0.2) is 53.5 Å². The Kier molecular flexibility index (Phi) is 5.36. The molecule has 0 radical (unpaired) electrons. The molecule has 5 rings (SSSR count). The molecule has 1 aliphatic rings. The van der Waals surface area contributed by atoms with Crippen LogP contribution < -0.4 is 24.5 Å². The van der Waals surface area contributed by atoms with E-state index in [1.165, 1.54) is 0 Å². The predicted molar refractivity (Wildman–Crippen MR) is 131 cm³/mol. The SMILES string of the molecule is COc1cc2c(cc1OC)c1ccn(C3CC=CCC3)c(=O)c1c1cc(OC)c(OC)cc21. The summed E-state index contributed by atoms with van der Waals surface area (Å²) in [5.41, 5.74) is 0.00158. The smallest absolute Gasteiger partial charge is 0.259 e. The molecule has 0 N–H and O–H groups in total. The molecule has 0 saturated carbocycles. The zero-order valence-electron chi connectivity index (χ0n) is 19.3. The van der Waals surface area contributed by atoms with Crippen molar-refractivity contribution >= 4 is 32.3 Å². The number of benzene rings is 3. The van der Waals surface area contributed by atoms with Gasteiger partial charge in [0.15, 0.2) is 23.0 Å². The van der Waals surface area contributed by atoms with Crippen LogP contribution in [0, 0.1) is 0 Å². The van der Waals surface area contributed by atoms with E-state index in [0.717, 1.165) is 46.2 Å². The van der Waals surface area contributed by atoms with E-state index in [0.29, 0.717) is 28.4 Å². The largest absolute Gasteiger partial charge is 0.493 e. The first-order valence-electron chi connectivity index (χ1n) is 11.0. The van der Waals surface area contributed by atoms with Crippen molar-refractivity contribution in [3.05, 3.63) is 59.0 Å². The number of hydrogen-bond acceptors (Lipinski definition) is 5. The van der Waals surface area contributed by atoms with E-state index in [1.54, 1.807) is 28.4 Å². The average molecular weight is 446 g/mol. The highest BCUT2D eigenvalue weighted by atomic mass is 16.5. The monoisotopic (exact) mass is 445 g/mol. The average Bonchev–Trinajstić information content (AvgIpc) is 2.87. The van der Waals surface area contributed by atoms with Crippen LogP contribution in [0.1, 0.15) is 25.3 Å². The molecule has 170 valence electrons. The van der Waals surface area contributed by atoms with Gasteiger partial charge in [0.2, 0.25) is 0 Å². The van der Waals surface area contributed by atoms with Crippen molar-refractivity contribution in [3.63, 3.8) is 0 Å². The van der Waals surface area contributed by atoms with Crippen molar-refractivity contribution < 1.29 is 18.9 Å². The maximum atomic E-state index is 13.9. The number of methoxy groups -OCH3 is 4. The lowest BCUT2D eigenvalue weighted by Gasteiger charge is -2.22. The van der Waals surface area contributed by atoms with Crippen molar-refractivity contribution in [2.75, 3.05) is 28.4 Å². The fourth-order valence-corrected chi connectivity index (χ4v) is 4.99. The second kappa shape index (κ2) is 8.35. The molecule has 0 fully saturated rings. The lowest BCUT2D eigenvalue weighted by molar-refractivity contribution is 0.355. The summed E-state index contributed by atoms with van der Waals surface area (Å²) in [7, 11) is 6.45. The Morgan fingerprint density at radius 1 is 0.727 bits per heavy atom. The highest BCUT2D eigenvalue weighted by Gasteiger charge is 2.21. The Morgan fingerprint density at radius 2 is 1.24 bits per heavy atom. The number of hydrogen-bond donors (Lipinski definition) is 0.